The number of carbonyl (C=O) groups excluding carboxylic acids is 1. The molecule has 0 saturated heterocycles. The lowest BCUT2D eigenvalue weighted by atomic mass is 9.69. The molecule has 0 fully saturated rings. The minimum absolute atomic E-state index is 0.0816. The summed E-state index contributed by atoms with van der Waals surface area (Å²) in [5, 5.41) is 15.7. The van der Waals surface area contributed by atoms with Gasteiger partial charge in [-0.2, -0.15) is 5.26 Å². The highest BCUT2D eigenvalue weighted by Crippen LogP contribution is 2.49. The first-order valence-electron chi connectivity index (χ1n) is 7.53. The Morgan fingerprint density at radius 1 is 1.27 bits per heavy atom. The van der Waals surface area contributed by atoms with Crippen molar-refractivity contribution in [1.82, 2.24) is 5.32 Å². The number of nitriles is 1. The van der Waals surface area contributed by atoms with Gasteiger partial charge in [0.25, 0.3) is 5.91 Å². The molecular formula is C17H15N3OS. The monoisotopic (exact) mass is 309 g/mol. The van der Waals surface area contributed by atoms with E-state index in [9.17, 15) is 10.1 Å². The summed E-state index contributed by atoms with van der Waals surface area (Å²) in [5.41, 5.74) is 2.96. The first-order chi connectivity index (χ1) is 10.7. The van der Waals surface area contributed by atoms with Crippen molar-refractivity contribution in [3.8, 4) is 6.07 Å². The fraction of sp³-hybridized carbons (Fsp3) is 0.353. The second-order valence-corrected chi connectivity index (χ2v) is 6.45. The van der Waals surface area contributed by atoms with E-state index in [-0.39, 0.29) is 5.91 Å². The molecule has 2 unspecified atom stereocenters. The van der Waals surface area contributed by atoms with Gasteiger partial charge in [-0.25, -0.2) is 0 Å². The van der Waals surface area contributed by atoms with Gasteiger partial charge in [0.1, 0.15) is 5.92 Å². The smallest absolute Gasteiger partial charge is 0.259 e. The number of thiocarbonyl (C=S) groups is 1. The molecule has 2 atom stereocenters. The quantitative estimate of drug-likeness (QED) is 0.571. The van der Waals surface area contributed by atoms with E-state index in [0.29, 0.717) is 4.99 Å². The van der Waals surface area contributed by atoms with E-state index in [1.54, 1.807) is 0 Å². The Kier molecular flexibility index (Phi) is 2.85. The Morgan fingerprint density at radius 3 is 2.86 bits per heavy atom. The van der Waals surface area contributed by atoms with E-state index < -0.39 is 11.5 Å². The van der Waals surface area contributed by atoms with Crippen molar-refractivity contribution in [1.29, 1.82) is 5.26 Å². The number of hydrogen-bond acceptors (Lipinski definition) is 3. The fourth-order valence-electron chi connectivity index (χ4n) is 3.98. The van der Waals surface area contributed by atoms with E-state index in [1.807, 2.05) is 24.3 Å². The van der Waals surface area contributed by atoms with Crippen LogP contribution in [0.2, 0.25) is 0 Å². The molecule has 22 heavy (non-hydrogen) atoms. The van der Waals surface area contributed by atoms with Crippen molar-refractivity contribution in [3.63, 3.8) is 0 Å². The second-order valence-electron chi connectivity index (χ2n) is 6.01. The van der Waals surface area contributed by atoms with Crippen LogP contribution in [0.1, 0.15) is 31.2 Å². The number of nitrogens with one attached hydrogen (secondary N) is 2. The SMILES string of the molecule is N#CC1C(=S)NC2(C(=O)Nc3ccccc32)C2=C1CCCC2. The topological polar surface area (TPSA) is 64.9 Å². The van der Waals surface area contributed by atoms with Gasteiger partial charge in [-0.15, -0.1) is 0 Å². The minimum Gasteiger partial charge on any atom is -0.357 e. The molecule has 3 aliphatic rings. The lowest BCUT2D eigenvalue weighted by molar-refractivity contribution is -0.120. The Balaban J connectivity index is 2.01. The zero-order valence-corrected chi connectivity index (χ0v) is 12.8. The maximum atomic E-state index is 12.9. The molecule has 2 heterocycles. The summed E-state index contributed by atoms with van der Waals surface area (Å²) in [7, 11) is 0. The van der Waals surface area contributed by atoms with Gasteiger partial charge >= 0.3 is 0 Å². The number of anilines is 1. The van der Waals surface area contributed by atoms with Crippen molar-refractivity contribution < 1.29 is 4.79 Å². The van der Waals surface area contributed by atoms with Crippen LogP contribution in [0.3, 0.4) is 0 Å². The number of rotatable bonds is 0. The third-order valence-corrected chi connectivity index (χ3v) is 5.27. The first-order valence-corrected chi connectivity index (χ1v) is 7.94. The Morgan fingerprint density at radius 2 is 2.05 bits per heavy atom. The van der Waals surface area contributed by atoms with Gasteiger partial charge in [-0.3, -0.25) is 4.79 Å². The normalized spacial score (nSPS) is 29.5. The Labute approximate surface area is 134 Å². The first kappa shape index (κ1) is 13.5. The van der Waals surface area contributed by atoms with Crippen LogP contribution in [0, 0.1) is 17.2 Å². The lowest BCUT2D eigenvalue weighted by Crippen LogP contribution is -2.57. The number of nitrogens with zero attached hydrogens (tertiary/aromatic N) is 1. The molecule has 0 aromatic heterocycles. The average Bonchev–Trinajstić information content (AvgIpc) is 2.81. The van der Waals surface area contributed by atoms with Crippen LogP contribution < -0.4 is 10.6 Å². The van der Waals surface area contributed by atoms with E-state index in [4.69, 9.17) is 12.2 Å². The Hall–Kier alpha value is -2.19. The Bertz CT molecular complexity index is 776. The predicted molar refractivity (Wildman–Crippen MR) is 87.1 cm³/mol. The fourth-order valence-corrected chi connectivity index (χ4v) is 4.33. The van der Waals surface area contributed by atoms with E-state index in [2.05, 4.69) is 16.7 Å². The molecule has 1 aromatic carbocycles. The lowest BCUT2D eigenvalue weighted by Gasteiger charge is -2.42. The van der Waals surface area contributed by atoms with Crippen LogP contribution in [0.15, 0.2) is 35.4 Å². The van der Waals surface area contributed by atoms with E-state index >= 15 is 0 Å². The molecule has 1 aromatic rings. The molecule has 0 radical (unpaired) electrons. The second kappa shape index (κ2) is 4.65. The molecular weight excluding hydrogens is 294 g/mol. The number of hydrogen-bond donors (Lipinski definition) is 2. The summed E-state index contributed by atoms with van der Waals surface area (Å²) >= 11 is 5.44. The van der Waals surface area contributed by atoms with Crippen LogP contribution in [-0.4, -0.2) is 10.9 Å². The number of para-hydroxylation sites is 1. The van der Waals surface area contributed by atoms with Crippen molar-refractivity contribution in [2.75, 3.05) is 5.32 Å². The highest BCUT2D eigenvalue weighted by molar-refractivity contribution is 7.80. The molecule has 4 rings (SSSR count). The highest BCUT2D eigenvalue weighted by Gasteiger charge is 2.54. The maximum absolute atomic E-state index is 12.9. The van der Waals surface area contributed by atoms with Crippen LogP contribution in [-0.2, 0) is 10.3 Å². The highest BCUT2D eigenvalue weighted by atomic mass is 32.1. The zero-order chi connectivity index (χ0) is 15.3. The van der Waals surface area contributed by atoms with E-state index in [0.717, 1.165) is 48.1 Å². The van der Waals surface area contributed by atoms with Crippen molar-refractivity contribution in [3.05, 3.63) is 41.0 Å². The van der Waals surface area contributed by atoms with Gasteiger partial charge in [0, 0.05) is 11.3 Å². The van der Waals surface area contributed by atoms with Gasteiger partial charge in [0.15, 0.2) is 5.54 Å². The summed E-state index contributed by atoms with van der Waals surface area (Å²) in [6.07, 6.45) is 3.79. The summed E-state index contributed by atoms with van der Waals surface area (Å²) in [5.74, 6) is -0.474. The molecule has 2 aliphatic heterocycles. The van der Waals surface area contributed by atoms with Gasteiger partial charge in [-0.05, 0) is 42.9 Å². The standard InChI is InChI=1S/C17H15N3OS/c18-9-11-10-5-1-2-6-12(10)17(20-15(11)22)13-7-3-4-8-14(13)19-16(17)21/h3-4,7-8,11H,1-2,5-6H2,(H,19,21)(H,20,22). The summed E-state index contributed by atoms with van der Waals surface area (Å²) in [6, 6.07) is 10.0. The third kappa shape index (κ3) is 1.56. The molecule has 1 spiro atoms. The number of amides is 1. The largest absolute Gasteiger partial charge is 0.357 e. The molecule has 4 nitrogen and oxygen atoms in total. The number of benzene rings is 1. The molecule has 0 bridgehead atoms. The predicted octanol–water partition coefficient (Wildman–Crippen LogP) is 2.77. The molecule has 110 valence electrons. The van der Waals surface area contributed by atoms with Crippen molar-refractivity contribution in [2.45, 2.75) is 31.2 Å². The summed E-state index contributed by atoms with van der Waals surface area (Å²) in [4.78, 5) is 13.3. The molecule has 1 amide bonds. The third-order valence-electron chi connectivity index (χ3n) is 4.93. The minimum atomic E-state index is -0.906. The number of carbonyl (C=O) groups is 1. The molecule has 1 aliphatic carbocycles. The van der Waals surface area contributed by atoms with Gasteiger partial charge in [0.2, 0.25) is 0 Å². The summed E-state index contributed by atoms with van der Waals surface area (Å²) < 4.78 is 0. The zero-order valence-electron chi connectivity index (χ0n) is 12.0. The van der Waals surface area contributed by atoms with Crippen LogP contribution in [0.5, 0.6) is 0 Å². The number of fused-ring (bicyclic) bond motifs is 3. The van der Waals surface area contributed by atoms with Crippen molar-refractivity contribution >= 4 is 28.8 Å². The average molecular weight is 309 g/mol. The van der Waals surface area contributed by atoms with Crippen LogP contribution in [0.25, 0.3) is 0 Å². The van der Waals surface area contributed by atoms with Crippen LogP contribution in [0.4, 0.5) is 5.69 Å². The maximum Gasteiger partial charge on any atom is 0.259 e. The summed E-state index contributed by atoms with van der Waals surface area (Å²) in [6.45, 7) is 0. The van der Waals surface area contributed by atoms with Gasteiger partial charge in [0.05, 0.1) is 11.1 Å². The molecule has 5 heteroatoms. The molecule has 0 saturated carbocycles. The van der Waals surface area contributed by atoms with Crippen LogP contribution >= 0.6 is 12.2 Å². The van der Waals surface area contributed by atoms with Gasteiger partial charge in [-0.1, -0.05) is 30.4 Å². The molecule has 2 N–H and O–H groups in total. The van der Waals surface area contributed by atoms with Gasteiger partial charge < -0.3 is 10.6 Å². The van der Waals surface area contributed by atoms with E-state index in [1.165, 1.54) is 0 Å². The van der Waals surface area contributed by atoms with Crippen molar-refractivity contribution in [2.24, 2.45) is 5.92 Å².